The first kappa shape index (κ1) is 13.0. The molecule has 0 aromatic heterocycles. The Morgan fingerprint density at radius 3 is 2.00 bits per heavy atom. The van der Waals surface area contributed by atoms with E-state index in [-0.39, 0.29) is 6.42 Å². The maximum Gasteiger partial charge on any atom is 0.469 e. The first-order valence-electron chi connectivity index (χ1n) is 4.18. The fraction of sp³-hybridized carbons (Fsp3) is 1.00. The molecule has 0 bridgehead atoms. The lowest BCUT2D eigenvalue weighted by molar-refractivity contribution is -0.173. The lowest BCUT2D eigenvalue weighted by Crippen LogP contribution is -2.56. The summed E-state index contributed by atoms with van der Waals surface area (Å²) in [4.78, 5) is 17.0. The summed E-state index contributed by atoms with van der Waals surface area (Å²) >= 11 is 0. The first-order valence-corrected chi connectivity index (χ1v) is 5.71. The summed E-state index contributed by atoms with van der Waals surface area (Å²) in [5.74, 6) is 0. The molecular formula is C6H13O8P. The minimum atomic E-state index is -4.81. The van der Waals surface area contributed by atoms with Gasteiger partial charge in [0, 0.05) is 6.42 Å². The first-order chi connectivity index (χ1) is 6.72. The molecule has 0 unspecified atom stereocenters. The van der Waals surface area contributed by atoms with E-state index in [0.29, 0.717) is 0 Å². The molecule has 1 aliphatic carbocycles. The number of aliphatic hydroxyl groups excluding tert-OH is 4. The number of rotatable bonds is 2. The van der Waals surface area contributed by atoms with Gasteiger partial charge in [-0.3, -0.25) is 4.52 Å². The van der Waals surface area contributed by atoms with Crippen molar-refractivity contribution in [1.82, 2.24) is 0 Å². The Morgan fingerprint density at radius 2 is 1.53 bits per heavy atom. The molecule has 0 amide bonds. The van der Waals surface area contributed by atoms with E-state index in [1.165, 1.54) is 0 Å². The largest absolute Gasteiger partial charge is 0.469 e. The summed E-state index contributed by atoms with van der Waals surface area (Å²) in [5, 5.41) is 36.8. The van der Waals surface area contributed by atoms with E-state index in [9.17, 15) is 19.9 Å². The quantitative estimate of drug-likeness (QED) is 0.288. The van der Waals surface area contributed by atoms with E-state index < -0.39 is 38.3 Å². The highest BCUT2D eigenvalue weighted by molar-refractivity contribution is 7.46. The Hall–Kier alpha value is -0.0500. The van der Waals surface area contributed by atoms with Gasteiger partial charge in [0.2, 0.25) is 0 Å². The topological polar surface area (TPSA) is 148 Å². The predicted octanol–water partition coefficient (Wildman–Crippen LogP) is -2.69. The van der Waals surface area contributed by atoms with Crippen LogP contribution in [-0.2, 0) is 9.09 Å². The molecule has 1 fully saturated rings. The van der Waals surface area contributed by atoms with Crippen molar-refractivity contribution in [3.05, 3.63) is 0 Å². The lowest BCUT2D eigenvalue weighted by Gasteiger charge is -2.37. The van der Waals surface area contributed by atoms with E-state index in [1.54, 1.807) is 0 Å². The second-order valence-electron chi connectivity index (χ2n) is 3.41. The maximum absolute atomic E-state index is 10.5. The van der Waals surface area contributed by atoms with Gasteiger partial charge >= 0.3 is 7.82 Å². The van der Waals surface area contributed by atoms with Crippen molar-refractivity contribution >= 4 is 7.82 Å². The van der Waals surface area contributed by atoms with Crippen LogP contribution in [0, 0.1) is 0 Å². The molecule has 0 aromatic carbocycles. The minimum Gasteiger partial charge on any atom is -0.390 e. The Morgan fingerprint density at radius 1 is 1.00 bits per heavy atom. The van der Waals surface area contributed by atoms with Gasteiger partial charge < -0.3 is 30.2 Å². The summed E-state index contributed by atoms with van der Waals surface area (Å²) in [6.45, 7) is 0. The lowest BCUT2D eigenvalue weighted by atomic mass is 9.87. The Labute approximate surface area is 85.0 Å². The van der Waals surface area contributed by atoms with Crippen LogP contribution in [0.25, 0.3) is 0 Å². The van der Waals surface area contributed by atoms with Crippen molar-refractivity contribution in [1.29, 1.82) is 0 Å². The molecule has 0 aliphatic heterocycles. The van der Waals surface area contributed by atoms with Crippen LogP contribution in [0.3, 0.4) is 0 Å². The molecule has 1 rings (SSSR count). The standard InChI is InChI=1S/C6H13O8P/c7-2-1-3(14-15(11,12)13)5(9)6(10)4(2)8/h2-10H,1H2,(H2,11,12,13)/t2-,3+,4+,5+,6-/m1/s1. The molecule has 0 spiro atoms. The Kier molecular flexibility index (Phi) is 3.85. The maximum atomic E-state index is 10.5. The van der Waals surface area contributed by atoms with Crippen molar-refractivity contribution in [3.63, 3.8) is 0 Å². The summed E-state index contributed by atoms with van der Waals surface area (Å²) in [5.41, 5.74) is 0. The van der Waals surface area contributed by atoms with Crippen molar-refractivity contribution in [3.8, 4) is 0 Å². The fourth-order valence-corrected chi connectivity index (χ4v) is 2.01. The second-order valence-corrected chi connectivity index (χ2v) is 4.60. The molecule has 1 saturated carbocycles. The highest BCUT2D eigenvalue weighted by atomic mass is 31.2. The highest BCUT2D eigenvalue weighted by Crippen LogP contribution is 2.41. The van der Waals surface area contributed by atoms with Gasteiger partial charge in [0.05, 0.1) is 6.10 Å². The fourth-order valence-electron chi connectivity index (χ4n) is 1.45. The zero-order chi connectivity index (χ0) is 11.8. The predicted molar refractivity (Wildman–Crippen MR) is 45.6 cm³/mol. The average molecular weight is 244 g/mol. The van der Waals surface area contributed by atoms with Crippen molar-refractivity contribution in [2.45, 2.75) is 36.9 Å². The third kappa shape index (κ3) is 3.20. The monoisotopic (exact) mass is 244 g/mol. The van der Waals surface area contributed by atoms with Crippen LogP contribution in [0.2, 0.25) is 0 Å². The molecule has 6 N–H and O–H groups in total. The van der Waals surface area contributed by atoms with Crippen LogP contribution in [0.15, 0.2) is 0 Å². The molecule has 0 saturated heterocycles. The number of hydrogen-bond donors (Lipinski definition) is 6. The zero-order valence-corrected chi connectivity index (χ0v) is 8.44. The van der Waals surface area contributed by atoms with Crippen molar-refractivity contribution < 1.29 is 39.3 Å². The van der Waals surface area contributed by atoms with E-state index in [4.69, 9.17) is 14.9 Å². The zero-order valence-electron chi connectivity index (χ0n) is 7.54. The van der Waals surface area contributed by atoms with Crippen LogP contribution in [-0.4, -0.2) is 60.7 Å². The molecule has 5 atom stereocenters. The molecule has 9 heteroatoms. The number of phosphoric ester groups is 1. The van der Waals surface area contributed by atoms with Gasteiger partial charge in [-0.25, -0.2) is 4.57 Å². The third-order valence-electron chi connectivity index (χ3n) is 2.22. The number of aliphatic hydroxyl groups is 4. The van der Waals surface area contributed by atoms with Crippen LogP contribution in [0.4, 0.5) is 0 Å². The van der Waals surface area contributed by atoms with Crippen LogP contribution in [0.1, 0.15) is 6.42 Å². The second kappa shape index (κ2) is 4.44. The van der Waals surface area contributed by atoms with Crippen LogP contribution in [0.5, 0.6) is 0 Å². The van der Waals surface area contributed by atoms with Crippen LogP contribution >= 0.6 is 7.82 Å². The molecule has 0 radical (unpaired) electrons. The van der Waals surface area contributed by atoms with Gasteiger partial charge in [-0.15, -0.1) is 0 Å². The molecule has 15 heavy (non-hydrogen) atoms. The minimum absolute atomic E-state index is 0.371. The number of phosphoric acid groups is 1. The van der Waals surface area contributed by atoms with Gasteiger partial charge in [-0.1, -0.05) is 0 Å². The van der Waals surface area contributed by atoms with Gasteiger partial charge in [0.25, 0.3) is 0 Å². The van der Waals surface area contributed by atoms with Gasteiger partial charge in [0.15, 0.2) is 0 Å². The summed E-state index contributed by atoms with van der Waals surface area (Å²) in [6.07, 6.45) is -8.11. The normalized spacial score (nSPS) is 42.9. The smallest absolute Gasteiger partial charge is 0.390 e. The molecule has 0 aromatic rings. The van der Waals surface area contributed by atoms with Gasteiger partial charge in [-0.05, 0) is 0 Å². The van der Waals surface area contributed by atoms with Gasteiger partial charge in [-0.2, -0.15) is 0 Å². The average Bonchev–Trinajstić information content (AvgIpc) is 2.08. The van der Waals surface area contributed by atoms with Crippen LogP contribution < -0.4 is 0 Å². The van der Waals surface area contributed by atoms with E-state index in [0.717, 1.165) is 0 Å². The van der Waals surface area contributed by atoms with E-state index in [2.05, 4.69) is 4.52 Å². The van der Waals surface area contributed by atoms with Gasteiger partial charge in [0.1, 0.15) is 24.4 Å². The molecular weight excluding hydrogens is 231 g/mol. The SMILES string of the molecule is O=P(O)(O)O[C@H]1C[C@@H](O)[C@H](O)[C@@H](O)[C@H]1O. The summed E-state index contributed by atoms with van der Waals surface area (Å²) in [6, 6.07) is 0. The van der Waals surface area contributed by atoms with Crippen molar-refractivity contribution in [2.75, 3.05) is 0 Å². The molecule has 90 valence electrons. The molecule has 8 nitrogen and oxygen atoms in total. The third-order valence-corrected chi connectivity index (χ3v) is 2.77. The summed E-state index contributed by atoms with van der Waals surface area (Å²) in [7, 11) is -4.81. The Balaban J connectivity index is 2.71. The highest BCUT2D eigenvalue weighted by Gasteiger charge is 2.44. The Bertz CT molecular complexity index is 264. The molecule has 1 aliphatic rings. The van der Waals surface area contributed by atoms with Crippen molar-refractivity contribution in [2.24, 2.45) is 0 Å². The van der Waals surface area contributed by atoms with E-state index >= 15 is 0 Å². The number of hydrogen-bond acceptors (Lipinski definition) is 6. The van der Waals surface area contributed by atoms with E-state index in [1.807, 2.05) is 0 Å². The summed E-state index contributed by atoms with van der Waals surface area (Å²) < 4.78 is 14.6. The molecule has 0 heterocycles.